The second kappa shape index (κ2) is 14.3. The number of rotatable bonds is 13. The number of azo groups is 1. The van der Waals surface area contributed by atoms with Crippen LogP contribution in [0.4, 0.5) is 5.82 Å². The SMILES string of the molecule is C=CCc1c(OCCNC(=O)c2ccc(N=NCc3ccccc3SOOO)nc2)ccc2c1CCCC2=O. The van der Waals surface area contributed by atoms with Crippen LogP contribution in [0.3, 0.4) is 0 Å². The zero-order valence-corrected chi connectivity index (χ0v) is 22.0. The van der Waals surface area contributed by atoms with E-state index in [2.05, 4.69) is 36.5 Å². The van der Waals surface area contributed by atoms with E-state index in [0.717, 1.165) is 47.1 Å². The lowest BCUT2D eigenvalue weighted by Crippen LogP contribution is -2.28. The lowest BCUT2D eigenvalue weighted by atomic mass is 9.86. The Morgan fingerprint density at radius 1 is 1.18 bits per heavy atom. The van der Waals surface area contributed by atoms with Crippen molar-refractivity contribution in [2.45, 2.75) is 37.1 Å². The molecule has 0 radical (unpaired) electrons. The van der Waals surface area contributed by atoms with Crippen LogP contribution in [0.1, 0.15) is 50.2 Å². The van der Waals surface area contributed by atoms with Crippen molar-refractivity contribution in [2.24, 2.45) is 10.2 Å². The van der Waals surface area contributed by atoms with Crippen molar-refractivity contribution >= 4 is 29.6 Å². The summed E-state index contributed by atoms with van der Waals surface area (Å²) in [6.07, 6.45) is 6.13. The first kappa shape index (κ1) is 28.1. The first-order chi connectivity index (χ1) is 19.1. The minimum Gasteiger partial charge on any atom is -0.491 e. The molecule has 39 heavy (non-hydrogen) atoms. The fourth-order valence-electron chi connectivity index (χ4n) is 4.24. The summed E-state index contributed by atoms with van der Waals surface area (Å²) < 4.78 is 10.4. The van der Waals surface area contributed by atoms with Gasteiger partial charge in [0.05, 0.1) is 30.7 Å². The number of amides is 1. The van der Waals surface area contributed by atoms with Crippen molar-refractivity contribution in [2.75, 3.05) is 13.2 Å². The van der Waals surface area contributed by atoms with Crippen LogP contribution in [0, 0.1) is 0 Å². The van der Waals surface area contributed by atoms with E-state index in [-0.39, 0.29) is 24.8 Å². The van der Waals surface area contributed by atoms with Gasteiger partial charge in [-0.3, -0.25) is 9.59 Å². The number of hydrogen-bond acceptors (Lipinski definition) is 10. The predicted molar refractivity (Wildman–Crippen MR) is 145 cm³/mol. The molecule has 0 fully saturated rings. The fourth-order valence-corrected chi connectivity index (χ4v) is 4.72. The molecule has 0 saturated heterocycles. The number of fused-ring (bicyclic) bond motifs is 1. The lowest BCUT2D eigenvalue weighted by Gasteiger charge is -2.21. The number of benzene rings is 2. The highest BCUT2D eigenvalue weighted by Gasteiger charge is 2.22. The normalized spacial score (nSPS) is 12.8. The third-order valence-electron chi connectivity index (χ3n) is 6.06. The molecule has 0 aliphatic heterocycles. The summed E-state index contributed by atoms with van der Waals surface area (Å²) in [6.45, 7) is 4.67. The smallest absolute Gasteiger partial charge is 0.252 e. The van der Waals surface area contributed by atoms with E-state index in [4.69, 9.17) is 9.99 Å². The van der Waals surface area contributed by atoms with Crippen molar-refractivity contribution in [1.82, 2.24) is 10.3 Å². The highest BCUT2D eigenvalue weighted by atomic mass is 32.2. The number of ketones is 1. The zero-order valence-electron chi connectivity index (χ0n) is 21.2. The molecule has 11 heteroatoms. The molecule has 202 valence electrons. The standard InChI is InChI=1S/C28H28N4O6S/c1-2-6-23-21-8-5-9-24(33)22(21)12-13-25(23)36-16-15-29-28(34)20-11-14-27(30-17-20)32-31-18-19-7-3-4-10-26(19)39-38-37-35/h2-4,7,10-14,17,35H,1,5-6,8-9,15-16,18H2,(H,29,34). The van der Waals surface area contributed by atoms with Crippen LogP contribution in [-0.4, -0.2) is 35.1 Å². The number of carbonyl (C=O) groups is 2. The van der Waals surface area contributed by atoms with Gasteiger partial charge in [-0.25, -0.2) is 10.2 Å². The summed E-state index contributed by atoms with van der Waals surface area (Å²) in [5.74, 6) is 0.958. The van der Waals surface area contributed by atoms with E-state index >= 15 is 0 Å². The molecular weight excluding hydrogens is 520 g/mol. The maximum absolute atomic E-state index is 12.5. The van der Waals surface area contributed by atoms with Gasteiger partial charge in [0.2, 0.25) is 0 Å². The Kier molecular flexibility index (Phi) is 10.3. The molecule has 1 aliphatic carbocycles. The van der Waals surface area contributed by atoms with Gasteiger partial charge in [0.25, 0.3) is 5.91 Å². The molecule has 0 atom stereocenters. The van der Waals surface area contributed by atoms with Crippen LogP contribution in [0.25, 0.3) is 0 Å². The van der Waals surface area contributed by atoms with Crippen LogP contribution in [-0.2, 0) is 28.8 Å². The summed E-state index contributed by atoms with van der Waals surface area (Å²) in [6, 6.07) is 14.2. The van der Waals surface area contributed by atoms with Gasteiger partial charge < -0.3 is 10.1 Å². The Labute approximate surface area is 230 Å². The van der Waals surface area contributed by atoms with Gasteiger partial charge in [-0.05, 0) is 60.7 Å². The quantitative estimate of drug-likeness (QED) is 0.0679. The van der Waals surface area contributed by atoms with Gasteiger partial charge in [-0.2, -0.15) is 5.11 Å². The first-order valence-electron chi connectivity index (χ1n) is 12.4. The number of carbonyl (C=O) groups excluding carboxylic acids is 2. The molecule has 10 nitrogen and oxygen atoms in total. The van der Waals surface area contributed by atoms with E-state index in [0.29, 0.717) is 41.4 Å². The summed E-state index contributed by atoms with van der Waals surface area (Å²) in [4.78, 5) is 29.7. The molecule has 3 aromatic rings. The predicted octanol–water partition coefficient (Wildman–Crippen LogP) is 5.85. The summed E-state index contributed by atoms with van der Waals surface area (Å²) in [5, 5.41) is 23.0. The molecule has 0 saturated carbocycles. The Balaban J connectivity index is 1.27. The number of hydrogen-bond donors (Lipinski definition) is 2. The van der Waals surface area contributed by atoms with Gasteiger partial charge in [-0.1, -0.05) is 29.3 Å². The van der Waals surface area contributed by atoms with Crippen LogP contribution < -0.4 is 10.1 Å². The Morgan fingerprint density at radius 2 is 2.05 bits per heavy atom. The zero-order chi connectivity index (χ0) is 27.5. The fraction of sp³-hybridized carbons (Fsp3) is 0.250. The molecule has 0 unspecified atom stereocenters. The highest BCUT2D eigenvalue weighted by Crippen LogP contribution is 2.32. The van der Waals surface area contributed by atoms with Gasteiger partial charge in [-0.15, -0.1) is 16.0 Å². The van der Waals surface area contributed by atoms with Crippen molar-refractivity contribution in [3.63, 3.8) is 0 Å². The maximum Gasteiger partial charge on any atom is 0.252 e. The van der Waals surface area contributed by atoms with Gasteiger partial charge in [0, 0.05) is 28.6 Å². The number of Topliss-reactive ketones (excluding diaryl/α,β-unsaturated/α-hetero) is 1. The molecule has 2 N–H and O–H groups in total. The van der Waals surface area contributed by atoms with E-state index in [1.54, 1.807) is 24.3 Å². The van der Waals surface area contributed by atoms with E-state index in [1.165, 1.54) is 6.20 Å². The number of nitrogens with zero attached hydrogens (tertiary/aromatic N) is 3. The molecule has 0 bridgehead atoms. The van der Waals surface area contributed by atoms with Crippen molar-refractivity contribution < 1.29 is 29.0 Å². The Hall–Kier alpha value is -3.90. The third kappa shape index (κ3) is 7.58. The largest absolute Gasteiger partial charge is 0.491 e. The third-order valence-corrected chi connectivity index (χ3v) is 6.77. The maximum atomic E-state index is 12.5. The summed E-state index contributed by atoms with van der Waals surface area (Å²) in [7, 11) is 0. The number of nitrogens with one attached hydrogen (secondary N) is 1. The number of aromatic nitrogens is 1. The van der Waals surface area contributed by atoms with Crippen molar-refractivity contribution in [1.29, 1.82) is 0 Å². The second-order valence-corrected chi connectivity index (χ2v) is 9.32. The topological polar surface area (TPSA) is 132 Å². The molecule has 1 aromatic heterocycles. The van der Waals surface area contributed by atoms with Gasteiger partial charge >= 0.3 is 0 Å². The monoisotopic (exact) mass is 548 g/mol. The molecule has 1 amide bonds. The van der Waals surface area contributed by atoms with Crippen LogP contribution in [0.2, 0.25) is 0 Å². The molecule has 4 rings (SSSR count). The minimum atomic E-state index is -0.283. The summed E-state index contributed by atoms with van der Waals surface area (Å²) in [5.41, 5.74) is 4.02. The number of pyridine rings is 1. The van der Waals surface area contributed by atoms with Crippen molar-refractivity contribution in [3.05, 3.63) is 95.2 Å². The molecule has 1 aliphatic rings. The van der Waals surface area contributed by atoms with Crippen LogP contribution in [0.15, 0.2) is 82.5 Å². The van der Waals surface area contributed by atoms with Crippen molar-refractivity contribution in [3.8, 4) is 5.75 Å². The van der Waals surface area contributed by atoms with Gasteiger partial charge in [0.15, 0.2) is 11.6 Å². The molecular formula is C28H28N4O6S. The lowest BCUT2D eigenvalue weighted by molar-refractivity contribution is -0.432. The molecule has 2 aromatic carbocycles. The minimum absolute atomic E-state index is 0.172. The Morgan fingerprint density at radius 3 is 2.85 bits per heavy atom. The van der Waals surface area contributed by atoms with E-state index in [1.807, 2.05) is 30.3 Å². The second-order valence-electron chi connectivity index (χ2n) is 8.58. The molecule has 0 spiro atoms. The highest BCUT2D eigenvalue weighted by molar-refractivity contribution is 7.94. The molecule has 1 heterocycles. The van der Waals surface area contributed by atoms with E-state index in [9.17, 15) is 9.59 Å². The van der Waals surface area contributed by atoms with Crippen LogP contribution >= 0.6 is 12.0 Å². The number of allylic oxidation sites excluding steroid dienone is 1. The van der Waals surface area contributed by atoms with Crippen LogP contribution in [0.5, 0.6) is 5.75 Å². The first-order valence-corrected chi connectivity index (χ1v) is 13.1. The summed E-state index contributed by atoms with van der Waals surface area (Å²) >= 11 is 0.854. The van der Waals surface area contributed by atoms with Gasteiger partial charge in [0.1, 0.15) is 12.4 Å². The number of ether oxygens (including phenoxy) is 1. The average Bonchev–Trinajstić information content (AvgIpc) is 2.96. The average molecular weight is 549 g/mol. The van der Waals surface area contributed by atoms with E-state index < -0.39 is 0 Å². The Bertz CT molecular complexity index is 1350.